The largest absolute Gasteiger partial charge is 0.405 e. The molecule has 7 nitrogen and oxygen atoms in total. The number of hydrogen-bond donors (Lipinski definition) is 4. The van der Waals surface area contributed by atoms with Gasteiger partial charge in [-0.05, 0) is 42.8 Å². The number of anilines is 1. The summed E-state index contributed by atoms with van der Waals surface area (Å²) >= 11 is 5.57. The van der Waals surface area contributed by atoms with Crippen molar-refractivity contribution in [2.75, 3.05) is 11.9 Å². The molecule has 2 amide bonds. The molecule has 1 aromatic carbocycles. The Kier molecular flexibility index (Phi) is 6.64. The first-order valence-corrected chi connectivity index (χ1v) is 9.62. The fraction of sp³-hybridized carbons (Fsp3) is 0.143. The number of benzene rings is 1. The van der Waals surface area contributed by atoms with Gasteiger partial charge in [0.15, 0.2) is 0 Å². The quantitative estimate of drug-likeness (QED) is 0.377. The van der Waals surface area contributed by atoms with E-state index in [2.05, 4.69) is 10.3 Å². The number of aromatic nitrogens is 2. The number of carbonyl (C=O) groups is 1. The van der Waals surface area contributed by atoms with Crippen molar-refractivity contribution in [1.82, 2.24) is 14.7 Å². The lowest BCUT2D eigenvalue weighted by Crippen LogP contribution is -2.36. The number of fused-ring (bicyclic) bond motifs is 1. The van der Waals surface area contributed by atoms with Gasteiger partial charge >= 0.3 is 12.2 Å². The third-order valence-electron chi connectivity index (χ3n) is 4.41. The third kappa shape index (κ3) is 5.73. The van der Waals surface area contributed by atoms with Crippen LogP contribution < -0.4 is 10.6 Å². The zero-order valence-corrected chi connectivity index (χ0v) is 17.5. The second-order valence-corrected chi connectivity index (χ2v) is 7.25. The Balaban J connectivity index is 1.83. The van der Waals surface area contributed by atoms with Crippen LogP contribution >= 0.6 is 11.6 Å². The van der Waals surface area contributed by atoms with Gasteiger partial charge in [-0.15, -0.1) is 0 Å². The molecule has 11 heteroatoms. The third-order valence-corrected chi connectivity index (χ3v) is 4.51. The van der Waals surface area contributed by atoms with Crippen molar-refractivity contribution in [3.8, 4) is 11.3 Å². The average Bonchev–Trinajstić information content (AvgIpc) is 3.14. The van der Waals surface area contributed by atoms with Gasteiger partial charge in [0.05, 0.1) is 17.6 Å². The maximum atomic E-state index is 12.2. The van der Waals surface area contributed by atoms with Gasteiger partial charge in [0.25, 0.3) is 0 Å². The summed E-state index contributed by atoms with van der Waals surface area (Å²) in [4.78, 5) is 16.1. The number of nitrogens with one attached hydrogen (secondary N) is 4. The van der Waals surface area contributed by atoms with Crippen molar-refractivity contribution in [2.45, 2.75) is 13.1 Å². The molecular formula is C21H18ClF3N6O. The number of hydrogen-bond acceptors (Lipinski definition) is 4. The first-order chi connectivity index (χ1) is 15.0. The van der Waals surface area contributed by atoms with Gasteiger partial charge in [-0.25, -0.2) is 9.78 Å². The molecule has 4 N–H and O–H groups in total. The summed E-state index contributed by atoms with van der Waals surface area (Å²) in [6.45, 7) is 0.258. The number of urea groups is 1. The molecule has 0 saturated heterocycles. The van der Waals surface area contributed by atoms with Crippen LogP contribution in [-0.4, -0.2) is 39.0 Å². The van der Waals surface area contributed by atoms with Crippen molar-refractivity contribution in [1.29, 1.82) is 10.8 Å². The van der Waals surface area contributed by atoms with Crippen LogP contribution in [0.15, 0.2) is 60.4 Å². The smallest absolute Gasteiger partial charge is 0.329 e. The molecule has 3 rings (SSSR count). The van der Waals surface area contributed by atoms with Crippen LogP contribution in [0.1, 0.15) is 12.5 Å². The van der Waals surface area contributed by atoms with E-state index in [1.165, 1.54) is 6.08 Å². The minimum Gasteiger partial charge on any atom is -0.329 e. The first-order valence-electron chi connectivity index (χ1n) is 9.24. The van der Waals surface area contributed by atoms with E-state index in [4.69, 9.17) is 22.4 Å². The van der Waals surface area contributed by atoms with E-state index in [-0.39, 0.29) is 10.9 Å². The van der Waals surface area contributed by atoms with E-state index in [0.29, 0.717) is 33.7 Å². The van der Waals surface area contributed by atoms with Crippen molar-refractivity contribution >= 4 is 39.8 Å². The Bertz CT molecular complexity index is 1230. The van der Waals surface area contributed by atoms with Crippen LogP contribution in [-0.2, 0) is 0 Å². The van der Waals surface area contributed by atoms with E-state index in [1.54, 1.807) is 65.4 Å². The highest BCUT2D eigenvalue weighted by atomic mass is 35.5. The Labute approximate surface area is 185 Å². The second kappa shape index (κ2) is 9.23. The molecule has 0 spiro atoms. The summed E-state index contributed by atoms with van der Waals surface area (Å²) < 4.78 is 38.5. The highest BCUT2D eigenvalue weighted by Gasteiger charge is 2.27. The van der Waals surface area contributed by atoms with Gasteiger partial charge in [0.1, 0.15) is 17.4 Å². The van der Waals surface area contributed by atoms with E-state index in [1.807, 2.05) is 0 Å². The molecule has 0 aliphatic rings. The molecular weight excluding hydrogens is 445 g/mol. The fourth-order valence-corrected chi connectivity index (χ4v) is 3.12. The Morgan fingerprint density at radius 1 is 1.25 bits per heavy atom. The summed E-state index contributed by atoms with van der Waals surface area (Å²) in [5.41, 5.74) is 3.59. The maximum Gasteiger partial charge on any atom is 0.405 e. The summed E-state index contributed by atoms with van der Waals surface area (Å²) in [6.07, 6.45) is 0.235. The molecule has 2 aromatic heterocycles. The number of alkyl halides is 3. The molecule has 3 aromatic rings. The van der Waals surface area contributed by atoms with E-state index in [9.17, 15) is 18.0 Å². The van der Waals surface area contributed by atoms with Gasteiger partial charge in [-0.3, -0.25) is 15.2 Å². The SMILES string of the molecule is C/C(=C/C(=N)Cl)C(=N)c1ccn2c(-c3cccc(NC(=O)NCC(F)(F)F)c3)cnc2c1. The van der Waals surface area contributed by atoms with Crippen molar-refractivity contribution in [3.63, 3.8) is 0 Å². The molecule has 0 aliphatic carbocycles. The number of rotatable bonds is 6. The van der Waals surface area contributed by atoms with Crippen molar-refractivity contribution in [3.05, 3.63) is 66.0 Å². The number of imidazole rings is 1. The van der Waals surface area contributed by atoms with E-state index < -0.39 is 18.8 Å². The van der Waals surface area contributed by atoms with Crippen molar-refractivity contribution in [2.24, 2.45) is 0 Å². The van der Waals surface area contributed by atoms with Crippen LogP contribution in [0.5, 0.6) is 0 Å². The number of halogens is 4. The molecule has 0 aliphatic heterocycles. The first kappa shape index (κ1) is 23.0. The van der Waals surface area contributed by atoms with Crippen molar-refractivity contribution < 1.29 is 18.0 Å². The van der Waals surface area contributed by atoms with Gasteiger partial charge in [0, 0.05) is 23.0 Å². The van der Waals surface area contributed by atoms with Crippen LogP contribution in [0.4, 0.5) is 23.7 Å². The van der Waals surface area contributed by atoms with Gasteiger partial charge < -0.3 is 10.6 Å². The van der Waals surface area contributed by atoms with Gasteiger partial charge in [-0.1, -0.05) is 23.7 Å². The van der Waals surface area contributed by atoms with Crippen LogP contribution in [0, 0.1) is 10.8 Å². The average molecular weight is 463 g/mol. The molecule has 166 valence electrons. The molecule has 32 heavy (non-hydrogen) atoms. The molecule has 2 heterocycles. The topological polar surface area (TPSA) is 106 Å². The minimum atomic E-state index is -4.50. The zero-order valence-electron chi connectivity index (χ0n) is 16.7. The molecule has 0 saturated carbocycles. The Morgan fingerprint density at radius 2 is 2.00 bits per heavy atom. The number of amides is 2. The number of nitrogens with zero attached hydrogens (tertiary/aromatic N) is 2. The van der Waals surface area contributed by atoms with Crippen LogP contribution in [0.2, 0.25) is 0 Å². The molecule has 0 radical (unpaired) electrons. The Morgan fingerprint density at radius 3 is 2.69 bits per heavy atom. The highest BCUT2D eigenvalue weighted by Crippen LogP contribution is 2.25. The normalized spacial score (nSPS) is 12.0. The summed E-state index contributed by atoms with van der Waals surface area (Å²) in [7, 11) is 0. The lowest BCUT2D eigenvalue weighted by Gasteiger charge is -2.11. The molecule has 0 fully saturated rings. The second-order valence-electron chi connectivity index (χ2n) is 6.84. The molecule has 0 unspecified atom stereocenters. The minimum absolute atomic E-state index is 0.169. The summed E-state index contributed by atoms with van der Waals surface area (Å²) in [5.74, 6) is 0. The summed E-state index contributed by atoms with van der Waals surface area (Å²) in [5, 5.41) is 19.5. The Hall–Kier alpha value is -3.66. The monoisotopic (exact) mass is 462 g/mol. The van der Waals surface area contributed by atoms with Gasteiger partial charge in [0.2, 0.25) is 0 Å². The predicted molar refractivity (Wildman–Crippen MR) is 118 cm³/mol. The maximum absolute atomic E-state index is 12.2. The summed E-state index contributed by atoms with van der Waals surface area (Å²) in [6, 6.07) is 9.09. The fourth-order valence-electron chi connectivity index (χ4n) is 2.95. The number of carbonyl (C=O) groups excluding carboxylic acids is 1. The number of pyridine rings is 1. The standard InChI is InChI=1S/C21H18ClF3N6O/c1-12(7-17(22)26)19(27)14-5-6-31-16(10-28-18(31)9-14)13-3-2-4-15(8-13)30-20(32)29-11-21(23,24)25/h2-10,26-27H,11H2,1H3,(H2,29,30,32)/b12-7-,26-17?,27-19?. The molecule has 0 atom stereocenters. The van der Waals surface area contributed by atoms with E-state index in [0.717, 1.165) is 0 Å². The van der Waals surface area contributed by atoms with Crippen LogP contribution in [0.3, 0.4) is 0 Å². The number of allylic oxidation sites excluding steroid dienone is 2. The van der Waals surface area contributed by atoms with E-state index >= 15 is 0 Å². The van der Waals surface area contributed by atoms with Gasteiger partial charge in [-0.2, -0.15) is 13.2 Å². The molecule has 0 bridgehead atoms. The zero-order chi connectivity index (χ0) is 23.5. The lowest BCUT2D eigenvalue weighted by atomic mass is 10.0. The predicted octanol–water partition coefficient (Wildman–Crippen LogP) is 5.22. The lowest BCUT2D eigenvalue weighted by molar-refractivity contribution is -0.122. The highest BCUT2D eigenvalue weighted by molar-refractivity contribution is 6.67. The van der Waals surface area contributed by atoms with Crippen LogP contribution in [0.25, 0.3) is 16.9 Å².